The normalized spacial score (nSPS) is 30.5. The molecule has 36 heteroatoms. The van der Waals surface area contributed by atoms with E-state index < -0.39 is 81.6 Å². The number of hydrogen-bond acceptors (Lipinski definition) is 16. The van der Waals surface area contributed by atoms with Gasteiger partial charge < -0.3 is 57.7 Å². The van der Waals surface area contributed by atoms with Crippen molar-refractivity contribution >= 4 is 57.6 Å². The fourth-order valence-corrected chi connectivity index (χ4v) is 31.4. The van der Waals surface area contributed by atoms with Crippen molar-refractivity contribution in [3.8, 4) is 23.0 Å². The lowest BCUT2D eigenvalue weighted by molar-refractivity contribution is -0.410. The maximum Gasteiger partial charge on any atom is 0.460 e. The van der Waals surface area contributed by atoms with Gasteiger partial charge in [-0.25, -0.2) is 0 Å². The molecule has 0 amide bonds. The number of alkyl halides is 18. The number of halogens is 18. The Labute approximate surface area is 792 Å². The van der Waals surface area contributed by atoms with Crippen LogP contribution in [-0.4, -0.2) is 111 Å². The first-order chi connectivity index (χ1) is 64.9. The summed E-state index contributed by atoms with van der Waals surface area (Å²) in [6, 6.07) is 52.7. The molecule has 0 N–H and O–H groups in total. The third kappa shape index (κ3) is 20.5. The van der Waals surface area contributed by atoms with E-state index in [2.05, 4.69) is 76.2 Å². The fraction of sp³-hybridized carbons (Fsp3) is 0.588. The fourth-order valence-electron chi connectivity index (χ4n) is 26.9. The molecule has 12 unspecified atom stereocenters. The average Bonchev–Trinajstić information content (AvgIpc) is 0.703. The summed E-state index contributed by atoms with van der Waals surface area (Å²) >= 11 is 0. The molecule has 138 heavy (non-hydrogen) atoms. The van der Waals surface area contributed by atoms with Gasteiger partial charge in [-0.15, -0.1) is 0 Å². The number of carbonyl (C=O) groups is 6. The third-order valence-electron chi connectivity index (χ3n) is 32.8. The third-order valence-corrected chi connectivity index (χ3v) is 37.4. The summed E-state index contributed by atoms with van der Waals surface area (Å²) in [5, 5.41) is 18.8. The summed E-state index contributed by atoms with van der Waals surface area (Å²) in [4.78, 5) is 78.3. The quantitative estimate of drug-likeness (QED) is 0.0126. The molecule has 16 aliphatic carbocycles. The van der Waals surface area contributed by atoms with Crippen molar-refractivity contribution in [2.45, 2.75) is 259 Å². The summed E-state index contributed by atoms with van der Waals surface area (Å²) in [6.07, 6.45) is 13.4. The minimum absolute atomic E-state index is 0.0921. The molecule has 752 valence electrons. The van der Waals surface area contributed by atoms with Crippen LogP contribution in [0.25, 0.3) is 0 Å². The minimum Gasteiger partial charge on any atom is -0.544 e. The van der Waals surface area contributed by atoms with Crippen LogP contribution in [0.5, 0.6) is 23.0 Å². The van der Waals surface area contributed by atoms with Gasteiger partial charge in [0, 0.05) is 0 Å². The van der Waals surface area contributed by atoms with Gasteiger partial charge in [-0.2, -0.15) is 79.0 Å². The Morgan fingerprint density at radius 2 is 0.471 bits per heavy atom. The minimum atomic E-state index is -7.20. The highest BCUT2D eigenvalue weighted by Gasteiger charge is 2.84. The van der Waals surface area contributed by atoms with E-state index in [9.17, 15) is 118 Å². The molecule has 16 saturated carbocycles. The maximum absolute atomic E-state index is 13.4. The molecule has 16 fully saturated rings. The Morgan fingerprint density at radius 1 is 0.283 bits per heavy atom. The number of para-hydroxylation sites is 4. The highest BCUT2D eigenvalue weighted by molar-refractivity contribution is 7.97. The van der Waals surface area contributed by atoms with Gasteiger partial charge >= 0.3 is 71.8 Å². The molecule has 6 aromatic rings. The highest BCUT2D eigenvalue weighted by Crippen LogP contribution is 2.69. The van der Waals surface area contributed by atoms with Gasteiger partial charge in [-0.3, -0.25) is 19.2 Å². The van der Waals surface area contributed by atoms with E-state index in [-0.39, 0.29) is 72.7 Å². The SMILES string of the molecule is CC1C2CC3CC(C2)CC1(CC(=O)OCOc1ccccc1[S+](c1ccccc1)c1ccccc1OCOC(=O)CC12CC4CC(CC(C4)C1C)C2)C3.CC1C2CC3CC(C2)CC1(CC(=O)OCOc1ccccc1[S+](c1ccccc1)c1ccccc1OCOC(=O)CC12CC4CC(CC(C4)C1C)C2)C3.O=C([O-])C(F)(F)C(F)(F)C(F)(F)C(F)(F)F.O=C([O-])C(F)(F)C(F)(F)C(F)(F)C(F)(F)F. The Balaban J connectivity index is 0.000000160. The van der Waals surface area contributed by atoms with Gasteiger partial charge in [-0.1, -0.05) is 113 Å². The zero-order valence-corrected chi connectivity index (χ0v) is 77.8. The van der Waals surface area contributed by atoms with E-state index in [1.165, 1.54) is 128 Å². The van der Waals surface area contributed by atoms with Gasteiger partial charge in [0.2, 0.25) is 46.8 Å². The van der Waals surface area contributed by atoms with E-state index >= 15 is 0 Å². The summed E-state index contributed by atoms with van der Waals surface area (Å²) in [6.45, 7) is 9.01. The molecule has 0 saturated heterocycles. The number of hydrogen-bond donors (Lipinski definition) is 0. The lowest BCUT2D eigenvalue weighted by atomic mass is 9.45. The van der Waals surface area contributed by atoms with E-state index in [0.29, 0.717) is 72.4 Å². The molecular weight excluding hydrogens is 1890 g/mol. The Kier molecular flexibility index (Phi) is 29.8. The van der Waals surface area contributed by atoms with Crippen LogP contribution in [0.4, 0.5) is 79.0 Å². The molecule has 22 rings (SSSR count). The van der Waals surface area contributed by atoms with Gasteiger partial charge in [0.25, 0.3) is 0 Å². The number of carbonyl (C=O) groups excluding carboxylic acids is 6. The van der Waals surface area contributed by atoms with Crippen molar-refractivity contribution < 1.29 is 156 Å². The summed E-state index contributed by atoms with van der Waals surface area (Å²) < 4.78 is 261. The van der Waals surface area contributed by atoms with Crippen molar-refractivity contribution in [2.24, 2.45) is 116 Å². The first kappa shape index (κ1) is 103. The van der Waals surface area contributed by atoms with Crippen LogP contribution >= 0.6 is 0 Å². The first-order valence-corrected chi connectivity index (χ1v) is 49.3. The van der Waals surface area contributed by atoms with Gasteiger partial charge in [0.15, 0.2) is 32.8 Å². The lowest BCUT2D eigenvalue weighted by Gasteiger charge is -2.60. The molecule has 12 atom stereocenters. The van der Waals surface area contributed by atoms with Gasteiger partial charge in [-0.05, 0) is 318 Å². The predicted molar refractivity (Wildman–Crippen MR) is 460 cm³/mol. The van der Waals surface area contributed by atoms with Gasteiger partial charge in [0.1, 0.15) is 33.7 Å². The molecule has 16 aliphatic rings. The zero-order valence-electron chi connectivity index (χ0n) is 76.2. The second-order valence-corrected chi connectivity index (χ2v) is 44.8. The molecule has 0 aliphatic heterocycles. The summed E-state index contributed by atoms with van der Waals surface area (Å²) in [5.74, 6) is -36.4. The van der Waals surface area contributed by atoms with E-state index in [4.69, 9.17) is 37.9 Å². The summed E-state index contributed by atoms with van der Waals surface area (Å²) in [7, 11) is -1.25. The second kappa shape index (κ2) is 39.9. The largest absolute Gasteiger partial charge is 0.544 e. The van der Waals surface area contributed by atoms with Crippen LogP contribution in [0.2, 0.25) is 0 Å². The van der Waals surface area contributed by atoms with E-state index in [0.717, 1.165) is 100 Å². The van der Waals surface area contributed by atoms with Crippen molar-refractivity contribution in [1.82, 2.24) is 0 Å². The average molecular weight is 2000 g/mol. The van der Waals surface area contributed by atoms with E-state index in [1.807, 2.05) is 109 Å². The van der Waals surface area contributed by atoms with E-state index in [1.54, 1.807) is 0 Å². The number of carboxylic acid groups (broad SMARTS) is 2. The van der Waals surface area contributed by atoms with Crippen LogP contribution in [0.15, 0.2) is 187 Å². The highest BCUT2D eigenvalue weighted by atomic mass is 32.2. The molecular formula is C102H110F18O16S2. The second-order valence-electron chi connectivity index (χ2n) is 40.9. The number of ether oxygens (including phenoxy) is 8. The van der Waals surface area contributed by atoms with Crippen molar-refractivity contribution in [3.63, 3.8) is 0 Å². The van der Waals surface area contributed by atoms with Crippen LogP contribution in [0.1, 0.15) is 182 Å². The molecule has 0 aromatic heterocycles. The first-order valence-electron chi connectivity index (χ1n) is 46.9. The Morgan fingerprint density at radius 3 is 0.659 bits per heavy atom. The lowest BCUT2D eigenvalue weighted by Crippen LogP contribution is -2.65. The number of carboxylic acids is 2. The topological polar surface area (TPSA) is 222 Å². The van der Waals surface area contributed by atoms with Crippen LogP contribution in [0.3, 0.4) is 0 Å². The monoisotopic (exact) mass is 2000 g/mol. The molecule has 16 nitrogen and oxygen atoms in total. The number of esters is 4. The van der Waals surface area contributed by atoms with Gasteiger partial charge in [0.05, 0.1) is 25.7 Å². The van der Waals surface area contributed by atoms with Crippen molar-refractivity contribution in [3.05, 3.63) is 158 Å². The smallest absolute Gasteiger partial charge is 0.460 e. The Bertz CT molecular complexity index is 4740. The van der Waals surface area contributed by atoms with Crippen molar-refractivity contribution in [2.75, 3.05) is 27.2 Å². The number of benzene rings is 6. The molecule has 0 spiro atoms. The molecule has 0 heterocycles. The molecule has 0 radical (unpaired) electrons. The van der Waals surface area contributed by atoms with Crippen LogP contribution < -0.4 is 29.2 Å². The molecule has 16 bridgehead atoms. The Hall–Kier alpha value is -9.22. The van der Waals surface area contributed by atoms with Crippen molar-refractivity contribution in [1.29, 1.82) is 0 Å². The summed E-state index contributed by atoms with van der Waals surface area (Å²) in [5.41, 5.74) is 0.368. The van der Waals surface area contributed by atoms with Crippen LogP contribution in [-0.2, 0) is 69.5 Å². The maximum atomic E-state index is 13.4. The zero-order chi connectivity index (χ0) is 99.5. The number of aliphatic carboxylic acids is 2. The predicted octanol–water partition coefficient (Wildman–Crippen LogP) is 22.9. The van der Waals surface area contributed by atoms with Crippen LogP contribution in [0, 0.1) is 116 Å². The number of rotatable bonds is 32. The molecule has 6 aromatic carbocycles. The standard InChI is InChI=1S/2C46H55O6S.2C5HF9O2/c2*1-30-36-18-32-16-33(19-36)23-45(30,22-32)26-43(47)51-28-49-39-12-6-8-14-41(39)53(38-10-4-3-5-11-38)42-15-9-7-13-40(42)50-29-52-44(48)27-46-24-34-17-35(25-46)21-37(20-34)31(46)2;2*6-2(7,1(15)16)3(8,9)4(10,11)5(12,13)14/h2*3-15,30-37H,16-29H2,1-2H3;2*(H,15,16)/q2*+1;;/p-2.